The van der Waals surface area contributed by atoms with Crippen molar-refractivity contribution in [3.05, 3.63) is 65.7 Å². The molecule has 162 valence electrons. The second kappa shape index (κ2) is 9.71. The van der Waals surface area contributed by atoms with E-state index in [0.717, 1.165) is 13.1 Å². The van der Waals surface area contributed by atoms with Crippen LogP contribution < -0.4 is 19.6 Å². The van der Waals surface area contributed by atoms with Crippen LogP contribution in [0.25, 0.3) is 6.08 Å². The van der Waals surface area contributed by atoms with Gasteiger partial charge in [-0.1, -0.05) is 30.3 Å². The smallest absolute Gasteiger partial charge is 0.209 e. The summed E-state index contributed by atoms with van der Waals surface area (Å²) in [5.41, 5.74) is 6.60. The molecule has 0 aliphatic carbocycles. The van der Waals surface area contributed by atoms with Gasteiger partial charge in [0.1, 0.15) is 7.05 Å². The molecule has 0 radical (unpaired) electrons. The number of hydrogen-bond acceptors (Lipinski definition) is 5. The number of hydrogen-bond donors (Lipinski definition) is 0. The van der Waals surface area contributed by atoms with E-state index in [4.69, 9.17) is 19.2 Å². The van der Waals surface area contributed by atoms with Gasteiger partial charge in [0.2, 0.25) is 5.69 Å². The Balaban J connectivity index is 0.000000575. The predicted octanol–water partition coefficient (Wildman–Crippen LogP) is 2.43. The van der Waals surface area contributed by atoms with Crippen LogP contribution in [0.1, 0.15) is 38.8 Å². The largest absolute Gasteiger partial charge is 0.822 e. The maximum atomic E-state index is 8.55. The van der Waals surface area contributed by atoms with Gasteiger partial charge in [0.25, 0.3) is 0 Å². The van der Waals surface area contributed by atoms with Crippen molar-refractivity contribution in [3.8, 4) is 0 Å². The van der Waals surface area contributed by atoms with Crippen molar-refractivity contribution in [2.45, 2.75) is 33.1 Å². The summed E-state index contributed by atoms with van der Waals surface area (Å²) in [6.45, 7) is 11.1. The first-order valence-corrected chi connectivity index (χ1v) is 11.4. The molecule has 0 bridgehead atoms. The van der Waals surface area contributed by atoms with Crippen molar-refractivity contribution in [2.24, 2.45) is 0 Å². The maximum absolute atomic E-state index is 8.55. The van der Waals surface area contributed by atoms with Crippen LogP contribution >= 0.6 is 7.82 Å². The molecule has 0 unspecified atom stereocenters. The summed E-state index contributed by atoms with van der Waals surface area (Å²) in [6, 6.07) is 17.5. The van der Waals surface area contributed by atoms with Gasteiger partial charge in [-0.2, -0.15) is 12.4 Å². The lowest BCUT2D eigenvalue weighted by molar-refractivity contribution is -0.432. The van der Waals surface area contributed by atoms with Crippen LogP contribution in [0.15, 0.2) is 54.6 Å². The van der Waals surface area contributed by atoms with E-state index in [9.17, 15) is 0 Å². The highest BCUT2D eigenvalue weighted by atomic mass is 31.2. The topological polar surface area (TPSA) is 92.5 Å². The fourth-order valence-electron chi connectivity index (χ4n) is 3.86. The van der Waals surface area contributed by atoms with E-state index in [0.29, 0.717) is 0 Å². The number of para-hydroxylation sites is 1. The third-order valence-electron chi connectivity index (χ3n) is 5.40. The molecule has 0 atom stereocenters. The number of anilines is 1. The SMILES string of the molecule is CCN(CC)c1ccc(/C=C/C2=[N+](C)c3ccccc3C2(C)C)cc1.O=P([O-])([O-])[O-]. The number of fused-ring (bicyclic) bond motifs is 1. The molecule has 2 aromatic rings. The van der Waals surface area contributed by atoms with Gasteiger partial charge in [-0.25, -0.2) is 0 Å². The second-order valence-electron chi connectivity index (χ2n) is 7.63. The zero-order chi connectivity index (χ0) is 22.5. The Labute approximate surface area is 179 Å². The van der Waals surface area contributed by atoms with Crippen LogP contribution in [0.5, 0.6) is 0 Å². The summed E-state index contributed by atoms with van der Waals surface area (Å²) in [7, 11) is -3.23. The highest BCUT2D eigenvalue weighted by Gasteiger charge is 2.42. The molecule has 3 rings (SSSR count). The standard InChI is InChI=1S/C23H29N2.H3O4P/c1-6-25(7-2)19-15-12-18(13-16-19)14-17-22-23(3,4)20-10-8-9-11-21(20)24(22)5;1-5(2,3)4/h8-17H,6-7H2,1-5H3;(H3,1,2,3,4)/q+1;/p-3. The number of allylic oxidation sites excluding steroid dienone is 1. The Morgan fingerprint density at radius 1 is 0.967 bits per heavy atom. The maximum Gasteiger partial charge on any atom is 0.209 e. The lowest BCUT2D eigenvalue weighted by atomic mass is 9.81. The average Bonchev–Trinajstić information content (AvgIpc) is 2.87. The molecule has 0 fully saturated rings. The molecule has 0 saturated carbocycles. The van der Waals surface area contributed by atoms with Gasteiger partial charge in [0, 0.05) is 36.5 Å². The number of phosphoric acid groups is 1. The van der Waals surface area contributed by atoms with E-state index in [1.807, 2.05) is 0 Å². The van der Waals surface area contributed by atoms with Crippen molar-refractivity contribution in [2.75, 3.05) is 25.0 Å². The van der Waals surface area contributed by atoms with E-state index in [-0.39, 0.29) is 5.41 Å². The Morgan fingerprint density at radius 2 is 1.50 bits per heavy atom. The number of nitrogens with zero attached hydrogens (tertiary/aromatic N) is 2. The molecular weight excluding hydrogens is 399 g/mol. The molecule has 1 aliphatic heterocycles. The lowest BCUT2D eigenvalue weighted by Crippen LogP contribution is -2.26. The molecule has 1 aliphatic rings. The van der Waals surface area contributed by atoms with Crippen LogP contribution in [0, 0.1) is 0 Å². The highest BCUT2D eigenvalue weighted by Crippen LogP contribution is 2.39. The van der Waals surface area contributed by atoms with Gasteiger partial charge < -0.3 is 24.1 Å². The molecule has 0 amide bonds. The van der Waals surface area contributed by atoms with Gasteiger partial charge >= 0.3 is 0 Å². The van der Waals surface area contributed by atoms with Crippen LogP contribution in [-0.2, 0) is 9.98 Å². The zero-order valence-corrected chi connectivity index (χ0v) is 19.1. The fraction of sp³-hybridized carbons (Fsp3) is 0.348. The summed E-state index contributed by atoms with van der Waals surface area (Å²) < 4.78 is 10.9. The Hall–Kier alpha value is -2.24. The molecule has 30 heavy (non-hydrogen) atoms. The molecule has 0 N–H and O–H groups in total. The minimum Gasteiger partial charge on any atom is -0.822 e. The van der Waals surface area contributed by atoms with E-state index in [2.05, 4.69) is 105 Å². The van der Waals surface area contributed by atoms with Gasteiger partial charge in [0.05, 0.1) is 5.41 Å². The molecular formula is C23H29N2O4P-2. The molecule has 6 nitrogen and oxygen atoms in total. The van der Waals surface area contributed by atoms with Crippen molar-refractivity contribution in [1.82, 2.24) is 0 Å². The Bertz CT molecular complexity index is 963. The first-order chi connectivity index (χ1) is 14.0. The van der Waals surface area contributed by atoms with Gasteiger partial charge in [-0.3, -0.25) is 0 Å². The predicted molar refractivity (Wildman–Crippen MR) is 117 cm³/mol. The van der Waals surface area contributed by atoms with E-state index < -0.39 is 7.82 Å². The quantitative estimate of drug-likeness (QED) is 0.539. The van der Waals surface area contributed by atoms with Gasteiger partial charge in [-0.15, -0.1) is 0 Å². The number of rotatable bonds is 5. The van der Waals surface area contributed by atoms with Crippen molar-refractivity contribution in [3.63, 3.8) is 0 Å². The Morgan fingerprint density at radius 3 is 2.00 bits per heavy atom. The van der Waals surface area contributed by atoms with Gasteiger partial charge in [0.15, 0.2) is 5.71 Å². The Kier molecular flexibility index (Phi) is 7.78. The summed E-state index contributed by atoms with van der Waals surface area (Å²) >= 11 is 0. The second-order valence-corrected chi connectivity index (χ2v) is 8.53. The van der Waals surface area contributed by atoms with Crippen molar-refractivity contribution < 1.29 is 23.8 Å². The average molecular weight is 428 g/mol. The van der Waals surface area contributed by atoms with Crippen LogP contribution in [-0.4, -0.2) is 30.4 Å². The third kappa shape index (κ3) is 5.89. The molecule has 0 saturated heterocycles. The number of benzene rings is 2. The van der Waals surface area contributed by atoms with Crippen molar-refractivity contribution >= 4 is 31.0 Å². The lowest BCUT2D eigenvalue weighted by Gasteiger charge is -2.36. The first-order valence-electron chi connectivity index (χ1n) is 9.95. The van der Waals surface area contributed by atoms with E-state index in [1.54, 1.807) is 0 Å². The summed E-state index contributed by atoms with van der Waals surface area (Å²) in [5.74, 6) is 0. The minimum absolute atomic E-state index is 0.0308. The molecule has 2 aromatic carbocycles. The fourth-order valence-corrected chi connectivity index (χ4v) is 3.86. The first kappa shape index (κ1) is 24.0. The molecule has 0 aromatic heterocycles. The summed E-state index contributed by atoms with van der Waals surface area (Å²) in [6.07, 6.45) is 4.50. The molecule has 7 heteroatoms. The summed E-state index contributed by atoms with van der Waals surface area (Å²) in [4.78, 5) is 28.0. The monoisotopic (exact) mass is 428 g/mol. The third-order valence-corrected chi connectivity index (χ3v) is 5.40. The van der Waals surface area contributed by atoms with Crippen molar-refractivity contribution in [1.29, 1.82) is 0 Å². The van der Waals surface area contributed by atoms with Crippen LogP contribution in [0.3, 0.4) is 0 Å². The normalized spacial score (nSPS) is 15.1. The van der Waals surface area contributed by atoms with Crippen LogP contribution in [0.4, 0.5) is 11.4 Å². The minimum atomic E-state index is -5.39. The van der Waals surface area contributed by atoms with E-state index >= 15 is 0 Å². The summed E-state index contributed by atoms with van der Waals surface area (Å²) in [5, 5.41) is 0. The highest BCUT2D eigenvalue weighted by molar-refractivity contribution is 7.40. The molecule has 0 spiro atoms. The van der Waals surface area contributed by atoms with Gasteiger partial charge in [-0.05, 0) is 51.5 Å². The molecule has 1 heterocycles. The zero-order valence-electron chi connectivity index (χ0n) is 18.2. The van der Waals surface area contributed by atoms with Crippen LogP contribution in [0.2, 0.25) is 0 Å². The van der Waals surface area contributed by atoms with E-state index in [1.165, 1.54) is 28.2 Å².